The maximum absolute atomic E-state index is 5.21. The molecule has 0 spiro atoms. The van der Waals surface area contributed by atoms with Gasteiger partial charge in [-0.05, 0) is 46.6 Å². The molecule has 0 saturated heterocycles. The highest BCUT2D eigenvalue weighted by Crippen LogP contribution is 2.27. The Kier molecular flexibility index (Phi) is 3.34. The molecule has 0 unspecified atom stereocenters. The summed E-state index contributed by atoms with van der Waals surface area (Å²) in [5.74, 6) is 0.890. The van der Waals surface area contributed by atoms with Crippen molar-refractivity contribution in [2.45, 2.75) is 13.0 Å². The molecule has 0 fully saturated rings. The van der Waals surface area contributed by atoms with Gasteiger partial charge in [0.15, 0.2) is 0 Å². The lowest BCUT2D eigenvalue weighted by Gasteiger charge is -2.05. The predicted molar refractivity (Wildman–Crippen MR) is 71.0 cm³/mol. The average molecular weight is 280 g/mol. The number of nitrogens with zero attached hydrogens (tertiary/aromatic N) is 1. The lowest BCUT2D eigenvalue weighted by atomic mass is 10.2. The molecule has 2 nitrogen and oxygen atoms in total. The van der Waals surface area contributed by atoms with Crippen molar-refractivity contribution in [2.24, 2.45) is 0 Å². The van der Waals surface area contributed by atoms with Crippen molar-refractivity contribution in [1.82, 2.24) is 4.57 Å². The minimum atomic E-state index is 0.890. The summed E-state index contributed by atoms with van der Waals surface area (Å²) in [5.41, 5.74) is 1.22. The summed E-state index contributed by atoms with van der Waals surface area (Å²) in [6, 6.07) is 8.23. The van der Waals surface area contributed by atoms with Crippen LogP contribution in [0.25, 0.3) is 10.9 Å². The summed E-state index contributed by atoms with van der Waals surface area (Å²) in [6.07, 6.45) is 2.90. The van der Waals surface area contributed by atoms with E-state index >= 15 is 0 Å². The summed E-state index contributed by atoms with van der Waals surface area (Å²) in [5, 5.41) is 1.19. The predicted octanol–water partition coefficient (Wildman–Crippen LogP) is 3.99. The third-order valence-corrected chi connectivity index (χ3v) is 3.27. The smallest absolute Gasteiger partial charge is 0.119 e. The van der Waals surface area contributed by atoms with Crippen LogP contribution in [0, 0.1) is 0 Å². The van der Waals surface area contributed by atoms with Crippen LogP contribution in [-0.4, -0.2) is 11.7 Å². The van der Waals surface area contributed by atoms with Crippen LogP contribution in [0.15, 0.2) is 41.5 Å². The topological polar surface area (TPSA) is 14.2 Å². The Bertz CT molecular complexity index is 516. The van der Waals surface area contributed by atoms with E-state index in [1.54, 1.807) is 7.11 Å². The summed E-state index contributed by atoms with van der Waals surface area (Å²) < 4.78 is 8.54. The maximum atomic E-state index is 5.21. The van der Waals surface area contributed by atoms with E-state index < -0.39 is 0 Å². The fraction of sp³-hybridized carbons (Fsp3) is 0.231. The maximum Gasteiger partial charge on any atom is 0.119 e. The zero-order valence-electron chi connectivity index (χ0n) is 9.24. The lowest BCUT2D eigenvalue weighted by Crippen LogP contribution is -1.96. The number of ether oxygens (including phenoxy) is 1. The monoisotopic (exact) mass is 279 g/mol. The summed E-state index contributed by atoms with van der Waals surface area (Å²) >= 11 is 3.57. The summed E-state index contributed by atoms with van der Waals surface area (Å²) in [4.78, 5) is 0. The standard InChI is InChI=1S/C13H14BrNO/c1-3-4-7-15-12-6-5-11(16-2)8-10(12)9-13(15)14/h3,5-6,8-9H,1,4,7H2,2H3. The fourth-order valence-electron chi connectivity index (χ4n) is 1.79. The number of rotatable bonds is 4. The number of aromatic nitrogens is 1. The Morgan fingerprint density at radius 2 is 2.25 bits per heavy atom. The normalized spacial score (nSPS) is 10.6. The average Bonchev–Trinajstić information content (AvgIpc) is 2.61. The minimum Gasteiger partial charge on any atom is -0.497 e. The van der Waals surface area contributed by atoms with Gasteiger partial charge in [-0.25, -0.2) is 0 Å². The van der Waals surface area contributed by atoms with Crippen LogP contribution in [0.3, 0.4) is 0 Å². The van der Waals surface area contributed by atoms with E-state index in [2.05, 4.69) is 39.2 Å². The van der Waals surface area contributed by atoms with Crippen molar-refractivity contribution in [1.29, 1.82) is 0 Å². The number of fused-ring (bicyclic) bond motifs is 1. The second-order valence-electron chi connectivity index (χ2n) is 3.62. The van der Waals surface area contributed by atoms with Crippen LogP contribution in [0.5, 0.6) is 5.75 Å². The molecule has 1 heterocycles. The number of aryl methyl sites for hydroxylation is 1. The van der Waals surface area contributed by atoms with Gasteiger partial charge in [0, 0.05) is 17.4 Å². The molecule has 2 aromatic rings. The second-order valence-corrected chi connectivity index (χ2v) is 4.43. The number of methoxy groups -OCH3 is 1. The highest BCUT2D eigenvalue weighted by molar-refractivity contribution is 9.10. The minimum absolute atomic E-state index is 0.890. The Morgan fingerprint density at radius 1 is 1.44 bits per heavy atom. The van der Waals surface area contributed by atoms with E-state index in [-0.39, 0.29) is 0 Å². The molecule has 0 N–H and O–H groups in total. The molecule has 84 valence electrons. The third kappa shape index (κ3) is 2.00. The largest absolute Gasteiger partial charge is 0.497 e. The van der Waals surface area contributed by atoms with Gasteiger partial charge in [0.25, 0.3) is 0 Å². The molecular formula is C13H14BrNO. The molecule has 0 atom stereocenters. The van der Waals surface area contributed by atoms with E-state index in [0.717, 1.165) is 23.3 Å². The Balaban J connectivity index is 2.48. The van der Waals surface area contributed by atoms with Crippen molar-refractivity contribution in [3.63, 3.8) is 0 Å². The van der Waals surface area contributed by atoms with Crippen LogP contribution in [0.4, 0.5) is 0 Å². The molecule has 1 aromatic carbocycles. The van der Waals surface area contributed by atoms with E-state index in [1.807, 2.05) is 18.2 Å². The molecule has 0 radical (unpaired) electrons. The van der Waals surface area contributed by atoms with Crippen LogP contribution >= 0.6 is 15.9 Å². The van der Waals surface area contributed by atoms with Crippen molar-refractivity contribution in [3.8, 4) is 5.75 Å². The molecule has 0 saturated carbocycles. The molecule has 0 aliphatic heterocycles. The van der Waals surface area contributed by atoms with Crippen molar-refractivity contribution in [2.75, 3.05) is 7.11 Å². The number of hydrogen-bond donors (Lipinski definition) is 0. The molecule has 0 aliphatic rings. The molecular weight excluding hydrogens is 266 g/mol. The van der Waals surface area contributed by atoms with Gasteiger partial charge in [0.1, 0.15) is 5.75 Å². The molecule has 3 heteroatoms. The van der Waals surface area contributed by atoms with Gasteiger partial charge in [-0.1, -0.05) is 6.08 Å². The van der Waals surface area contributed by atoms with E-state index in [0.29, 0.717) is 0 Å². The number of benzene rings is 1. The zero-order chi connectivity index (χ0) is 11.5. The molecule has 16 heavy (non-hydrogen) atoms. The van der Waals surface area contributed by atoms with Gasteiger partial charge in [0.2, 0.25) is 0 Å². The molecule has 0 amide bonds. The van der Waals surface area contributed by atoms with Crippen LogP contribution < -0.4 is 4.74 Å². The van der Waals surface area contributed by atoms with Crippen LogP contribution in [0.1, 0.15) is 6.42 Å². The Labute approximate surface area is 104 Å². The highest BCUT2D eigenvalue weighted by Gasteiger charge is 2.06. The van der Waals surface area contributed by atoms with E-state index in [1.165, 1.54) is 10.9 Å². The lowest BCUT2D eigenvalue weighted by molar-refractivity contribution is 0.415. The fourth-order valence-corrected chi connectivity index (χ4v) is 2.40. The van der Waals surface area contributed by atoms with Gasteiger partial charge in [-0.2, -0.15) is 0 Å². The SMILES string of the molecule is C=CCCn1c(Br)cc2cc(OC)ccc21. The van der Waals surface area contributed by atoms with Gasteiger partial charge >= 0.3 is 0 Å². The quantitative estimate of drug-likeness (QED) is 0.772. The summed E-state index contributed by atoms with van der Waals surface area (Å²) in [7, 11) is 1.69. The first-order valence-corrected chi connectivity index (χ1v) is 5.99. The van der Waals surface area contributed by atoms with Gasteiger partial charge in [-0.15, -0.1) is 6.58 Å². The van der Waals surface area contributed by atoms with Crippen molar-refractivity contribution >= 4 is 26.8 Å². The first-order valence-electron chi connectivity index (χ1n) is 5.20. The van der Waals surface area contributed by atoms with E-state index in [9.17, 15) is 0 Å². The first-order chi connectivity index (χ1) is 7.76. The molecule has 1 aromatic heterocycles. The highest BCUT2D eigenvalue weighted by atomic mass is 79.9. The molecule has 0 bridgehead atoms. The Morgan fingerprint density at radius 3 is 2.94 bits per heavy atom. The first kappa shape index (κ1) is 11.3. The van der Waals surface area contributed by atoms with Crippen molar-refractivity contribution < 1.29 is 4.74 Å². The van der Waals surface area contributed by atoms with Gasteiger partial charge in [-0.3, -0.25) is 0 Å². The number of halogens is 1. The zero-order valence-corrected chi connectivity index (χ0v) is 10.8. The van der Waals surface area contributed by atoms with Crippen LogP contribution in [-0.2, 0) is 6.54 Å². The van der Waals surface area contributed by atoms with Gasteiger partial charge < -0.3 is 9.30 Å². The number of hydrogen-bond acceptors (Lipinski definition) is 1. The van der Waals surface area contributed by atoms with E-state index in [4.69, 9.17) is 4.74 Å². The van der Waals surface area contributed by atoms with Gasteiger partial charge in [0.05, 0.1) is 11.7 Å². The molecule has 0 aliphatic carbocycles. The number of allylic oxidation sites excluding steroid dienone is 1. The third-order valence-electron chi connectivity index (χ3n) is 2.61. The Hall–Kier alpha value is -1.22. The van der Waals surface area contributed by atoms with Crippen LogP contribution in [0.2, 0.25) is 0 Å². The second kappa shape index (κ2) is 4.74. The molecule has 2 rings (SSSR count). The summed E-state index contributed by atoms with van der Waals surface area (Å²) in [6.45, 7) is 4.69. The van der Waals surface area contributed by atoms with Crippen molar-refractivity contribution in [3.05, 3.63) is 41.5 Å².